The van der Waals surface area contributed by atoms with Crippen LogP contribution in [0.15, 0.2) is 30.3 Å². The number of carboxylic acids is 2. The molecule has 0 spiro atoms. The molecular formula is C24H36N4O7. The highest BCUT2D eigenvalue weighted by Crippen LogP contribution is 2.10. The third-order valence-corrected chi connectivity index (χ3v) is 5.72. The smallest absolute Gasteiger partial charge is 0.326 e. The van der Waals surface area contributed by atoms with Gasteiger partial charge in [0.15, 0.2) is 0 Å². The number of aliphatic carboxylic acids is 2. The van der Waals surface area contributed by atoms with Crippen molar-refractivity contribution in [2.75, 3.05) is 0 Å². The van der Waals surface area contributed by atoms with E-state index in [1.807, 2.05) is 19.9 Å². The molecule has 11 heteroatoms. The van der Waals surface area contributed by atoms with E-state index in [9.17, 15) is 29.1 Å². The van der Waals surface area contributed by atoms with Crippen LogP contribution in [0, 0.1) is 11.8 Å². The lowest BCUT2D eigenvalue weighted by molar-refractivity contribution is -0.147. The van der Waals surface area contributed by atoms with Gasteiger partial charge in [0, 0.05) is 6.42 Å². The number of nitrogens with one attached hydrogen (secondary N) is 3. The van der Waals surface area contributed by atoms with Gasteiger partial charge in [-0.2, -0.15) is 0 Å². The zero-order chi connectivity index (χ0) is 26.7. The maximum absolute atomic E-state index is 13.2. The van der Waals surface area contributed by atoms with Crippen LogP contribution in [0.5, 0.6) is 0 Å². The summed E-state index contributed by atoms with van der Waals surface area (Å²) >= 11 is 0. The molecule has 0 fully saturated rings. The molecule has 0 saturated carbocycles. The van der Waals surface area contributed by atoms with Gasteiger partial charge < -0.3 is 31.9 Å². The zero-order valence-electron chi connectivity index (χ0n) is 20.5. The molecule has 0 aromatic heterocycles. The van der Waals surface area contributed by atoms with Crippen molar-refractivity contribution in [1.29, 1.82) is 0 Å². The molecule has 1 aromatic carbocycles. The van der Waals surface area contributed by atoms with Crippen molar-refractivity contribution in [3.63, 3.8) is 0 Å². The molecule has 35 heavy (non-hydrogen) atoms. The lowest BCUT2D eigenvalue weighted by Crippen LogP contribution is -2.59. The Morgan fingerprint density at radius 3 is 1.91 bits per heavy atom. The van der Waals surface area contributed by atoms with Crippen molar-refractivity contribution in [3.05, 3.63) is 35.9 Å². The Labute approximate surface area is 204 Å². The van der Waals surface area contributed by atoms with E-state index in [4.69, 9.17) is 10.8 Å². The summed E-state index contributed by atoms with van der Waals surface area (Å²) in [5, 5.41) is 25.5. The largest absolute Gasteiger partial charge is 0.481 e. The molecule has 7 N–H and O–H groups in total. The summed E-state index contributed by atoms with van der Waals surface area (Å²) in [5.74, 6) is -5.50. The summed E-state index contributed by atoms with van der Waals surface area (Å²) in [4.78, 5) is 60.9. The zero-order valence-corrected chi connectivity index (χ0v) is 20.5. The average molecular weight is 493 g/mol. The first kappa shape index (κ1) is 29.6. The molecule has 0 radical (unpaired) electrons. The van der Waals surface area contributed by atoms with E-state index < -0.39 is 66.2 Å². The van der Waals surface area contributed by atoms with Crippen molar-refractivity contribution in [2.45, 2.75) is 71.1 Å². The van der Waals surface area contributed by atoms with Gasteiger partial charge in [-0.05, 0) is 17.4 Å². The molecule has 194 valence electrons. The number of benzene rings is 1. The van der Waals surface area contributed by atoms with Crippen LogP contribution in [0.3, 0.4) is 0 Å². The number of hydrogen-bond acceptors (Lipinski definition) is 6. The van der Waals surface area contributed by atoms with Crippen molar-refractivity contribution >= 4 is 29.7 Å². The van der Waals surface area contributed by atoms with Crippen LogP contribution in [-0.2, 0) is 30.4 Å². The van der Waals surface area contributed by atoms with Gasteiger partial charge in [-0.25, -0.2) is 4.79 Å². The number of carboxylic acid groups (broad SMARTS) is 2. The molecule has 5 atom stereocenters. The number of carbonyl (C=O) groups excluding carboxylic acids is 3. The predicted octanol–water partition coefficient (Wildman–Crippen LogP) is 0.272. The molecule has 5 unspecified atom stereocenters. The van der Waals surface area contributed by atoms with Gasteiger partial charge in [0.05, 0.1) is 12.5 Å². The van der Waals surface area contributed by atoms with Crippen molar-refractivity contribution < 1.29 is 34.2 Å². The first-order chi connectivity index (χ1) is 16.4. The van der Waals surface area contributed by atoms with E-state index in [-0.39, 0.29) is 12.3 Å². The second-order valence-corrected chi connectivity index (χ2v) is 8.89. The van der Waals surface area contributed by atoms with E-state index in [2.05, 4.69) is 16.0 Å². The van der Waals surface area contributed by atoms with Gasteiger partial charge in [-0.3, -0.25) is 19.2 Å². The minimum Gasteiger partial charge on any atom is -0.481 e. The Hall–Kier alpha value is -3.47. The van der Waals surface area contributed by atoms with Crippen LogP contribution >= 0.6 is 0 Å². The quantitative estimate of drug-likeness (QED) is 0.213. The summed E-state index contributed by atoms with van der Waals surface area (Å²) in [6.07, 6.45) is -0.0182. The Morgan fingerprint density at radius 1 is 0.857 bits per heavy atom. The fraction of sp³-hybridized carbons (Fsp3) is 0.542. The minimum atomic E-state index is -1.66. The molecule has 0 aliphatic heterocycles. The molecule has 1 aromatic rings. The highest BCUT2D eigenvalue weighted by atomic mass is 16.4. The van der Waals surface area contributed by atoms with Gasteiger partial charge in [-0.15, -0.1) is 0 Å². The van der Waals surface area contributed by atoms with E-state index >= 15 is 0 Å². The SMILES string of the molecule is CCC(C)C(N)C(=O)NC(Cc1ccccc1)C(=O)NC(C(=O)NC(CC(=O)O)C(=O)O)C(C)C. The van der Waals surface area contributed by atoms with E-state index in [1.165, 1.54) is 0 Å². The topological polar surface area (TPSA) is 188 Å². The molecule has 0 aliphatic carbocycles. The summed E-state index contributed by atoms with van der Waals surface area (Å²) in [6.45, 7) is 7.00. The van der Waals surface area contributed by atoms with Crippen LogP contribution in [0.2, 0.25) is 0 Å². The molecule has 0 aliphatic rings. The first-order valence-corrected chi connectivity index (χ1v) is 11.5. The van der Waals surface area contributed by atoms with Gasteiger partial charge >= 0.3 is 11.9 Å². The van der Waals surface area contributed by atoms with Gasteiger partial charge in [0.1, 0.15) is 18.1 Å². The molecular weight excluding hydrogens is 456 g/mol. The van der Waals surface area contributed by atoms with Crippen LogP contribution in [0.4, 0.5) is 0 Å². The van der Waals surface area contributed by atoms with Gasteiger partial charge in [0.25, 0.3) is 0 Å². The number of carbonyl (C=O) groups is 5. The summed E-state index contributed by atoms with van der Waals surface area (Å²) in [7, 11) is 0. The Kier molecular flexibility index (Phi) is 11.9. The number of rotatable bonds is 14. The molecule has 0 heterocycles. The fourth-order valence-corrected chi connectivity index (χ4v) is 3.26. The molecule has 0 saturated heterocycles. The fourth-order valence-electron chi connectivity index (χ4n) is 3.26. The summed E-state index contributed by atoms with van der Waals surface area (Å²) in [6, 6.07) is 4.25. The standard InChI is InChI=1S/C24H36N4O7/c1-5-14(4)19(25)22(32)26-16(11-15-9-7-6-8-10-15)21(31)28-20(13(2)3)23(33)27-17(24(34)35)12-18(29)30/h6-10,13-14,16-17,19-20H,5,11-12,25H2,1-4H3,(H,26,32)(H,27,33)(H,28,31)(H,29,30)(H,34,35). The summed E-state index contributed by atoms with van der Waals surface area (Å²) < 4.78 is 0. The number of amides is 3. The number of hydrogen-bond donors (Lipinski definition) is 6. The third-order valence-electron chi connectivity index (χ3n) is 5.72. The highest BCUT2D eigenvalue weighted by Gasteiger charge is 2.33. The second kappa shape index (κ2) is 14.1. The lowest BCUT2D eigenvalue weighted by atomic mass is 9.97. The summed E-state index contributed by atoms with van der Waals surface area (Å²) in [5.41, 5.74) is 6.79. The first-order valence-electron chi connectivity index (χ1n) is 11.5. The average Bonchev–Trinajstić information content (AvgIpc) is 2.80. The van der Waals surface area contributed by atoms with E-state index in [0.717, 1.165) is 5.56 Å². The van der Waals surface area contributed by atoms with Crippen molar-refractivity contribution in [3.8, 4) is 0 Å². The van der Waals surface area contributed by atoms with Gasteiger partial charge in [-0.1, -0.05) is 64.4 Å². The molecule has 0 bridgehead atoms. The third kappa shape index (κ3) is 9.73. The molecule has 11 nitrogen and oxygen atoms in total. The minimum absolute atomic E-state index is 0.119. The highest BCUT2D eigenvalue weighted by molar-refractivity contribution is 5.95. The number of nitrogens with two attached hydrogens (primary N) is 1. The Morgan fingerprint density at radius 2 is 1.43 bits per heavy atom. The van der Waals surface area contributed by atoms with Gasteiger partial charge in [0.2, 0.25) is 17.7 Å². The van der Waals surface area contributed by atoms with Crippen LogP contribution in [0.1, 0.15) is 46.1 Å². The second-order valence-electron chi connectivity index (χ2n) is 8.89. The monoisotopic (exact) mass is 492 g/mol. The molecule has 3 amide bonds. The van der Waals surface area contributed by atoms with Crippen LogP contribution < -0.4 is 21.7 Å². The van der Waals surface area contributed by atoms with Crippen LogP contribution in [-0.4, -0.2) is 64.0 Å². The van der Waals surface area contributed by atoms with E-state index in [0.29, 0.717) is 6.42 Å². The Balaban J connectivity index is 3.09. The molecule has 1 rings (SSSR count). The van der Waals surface area contributed by atoms with E-state index in [1.54, 1.807) is 38.1 Å². The maximum atomic E-state index is 13.2. The van der Waals surface area contributed by atoms with Crippen molar-refractivity contribution in [2.24, 2.45) is 17.6 Å². The predicted molar refractivity (Wildman–Crippen MR) is 128 cm³/mol. The lowest BCUT2D eigenvalue weighted by Gasteiger charge is -2.27. The van der Waals surface area contributed by atoms with Crippen LogP contribution in [0.25, 0.3) is 0 Å². The maximum Gasteiger partial charge on any atom is 0.326 e. The normalized spacial score (nSPS) is 15.3. The Bertz CT molecular complexity index is 891. The van der Waals surface area contributed by atoms with Crippen molar-refractivity contribution in [1.82, 2.24) is 16.0 Å².